The Morgan fingerprint density at radius 2 is 1.82 bits per heavy atom. The lowest BCUT2D eigenvalue weighted by molar-refractivity contribution is -0.140. The number of hydrogen-bond donors (Lipinski definition) is 0. The molecule has 0 aromatic heterocycles. The van der Waals surface area contributed by atoms with Crippen molar-refractivity contribution in [1.29, 1.82) is 5.26 Å². The zero-order chi connectivity index (χ0) is 16.8. The Morgan fingerprint density at radius 1 is 1.23 bits per heavy atom. The maximum atomic E-state index is 12.6. The molecule has 0 saturated carbocycles. The molecule has 0 N–H and O–H groups in total. The molecule has 1 aromatic carbocycles. The average Bonchev–Trinajstić information content (AvgIpc) is 2.48. The van der Waals surface area contributed by atoms with Crippen LogP contribution in [-0.4, -0.2) is 23.9 Å². The summed E-state index contributed by atoms with van der Waals surface area (Å²) in [6.07, 6.45) is -1.07. The van der Waals surface area contributed by atoms with Crippen molar-refractivity contribution in [1.82, 2.24) is 4.90 Å². The highest BCUT2D eigenvalue weighted by atomic mass is 19.4. The molecule has 0 radical (unpaired) electrons. The number of likely N-dealkylation sites (tertiary alicyclic amines) is 1. The Labute approximate surface area is 126 Å². The topological polar surface area (TPSA) is 44.1 Å². The minimum Gasteiger partial charge on any atom is -0.343 e. The van der Waals surface area contributed by atoms with Crippen LogP contribution >= 0.6 is 0 Å². The highest BCUT2D eigenvalue weighted by Gasteiger charge is 2.34. The second-order valence-corrected chi connectivity index (χ2v) is 4.87. The molecule has 1 aliphatic rings. The van der Waals surface area contributed by atoms with Gasteiger partial charge in [-0.3, -0.25) is 4.79 Å². The Balaban J connectivity index is 0.000000235. The first-order valence-electron chi connectivity index (χ1n) is 6.78. The normalized spacial score (nSPS) is 14.6. The van der Waals surface area contributed by atoms with Gasteiger partial charge in [-0.05, 0) is 37.5 Å². The standard InChI is InChI=1S/C8H3F4N.C7H13NO/c9-7-2-1-5(4-13)3-6(7)8(10,11)12;1-7(9)8-5-3-2-4-6-8/h1-3H;2-6H2,1H3. The molecule has 120 valence electrons. The van der Waals surface area contributed by atoms with Crippen LogP contribution in [0, 0.1) is 17.1 Å². The maximum absolute atomic E-state index is 12.6. The van der Waals surface area contributed by atoms with E-state index in [1.165, 1.54) is 25.3 Å². The molecular formula is C15H16F4N2O. The van der Waals surface area contributed by atoms with Crippen LogP contribution in [0.4, 0.5) is 17.6 Å². The predicted molar refractivity (Wildman–Crippen MR) is 72.2 cm³/mol. The quantitative estimate of drug-likeness (QED) is 0.685. The predicted octanol–water partition coefficient (Wildman–Crippen LogP) is 3.73. The van der Waals surface area contributed by atoms with Crippen LogP contribution in [0.2, 0.25) is 0 Å². The van der Waals surface area contributed by atoms with Gasteiger partial charge in [-0.1, -0.05) is 0 Å². The first kappa shape index (κ1) is 18.0. The van der Waals surface area contributed by atoms with Gasteiger partial charge in [0, 0.05) is 20.0 Å². The molecular weight excluding hydrogens is 300 g/mol. The molecule has 22 heavy (non-hydrogen) atoms. The van der Waals surface area contributed by atoms with Gasteiger partial charge in [0.1, 0.15) is 5.82 Å². The second-order valence-electron chi connectivity index (χ2n) is 4.87. The molecule has 7 heteroatoms. The fourth-order valence-corrected chi connectivity index (χ4v) is 2.02. The van der Waals surface area contributed by atoms with Crippen LogP contribution in [0.3, 0.4) is 0 Å². The van der Waals surface area contributed by atoms with Gasteiger partial charge in [0.15, 0.2) is 0 Å². The molecule has 1 aromatic rings. The molecule has 2 rings (SSSR count). The van der Waals surface area contributed by atoms with Crippen LogP contribution in [-0.2, 0) is 11.0 Å². The Kier molecular flexibility index (Phi) is 6.35. The van der Waals surface area contributed by atoms with E-state index < -0.39 is 17.6 Å². The minimum atomic E-state index is -4.75. The van der Waals surface area contributed by atoms with Gasteiger partial charge in [0.2, 0.25) is 5.91 Å². The summed E-state index contributed by atoms with van der Waals surface area (Å²) in [6.45, 7) is 3.61. The largest absolute Gasteiger partial charge is 0.419 e. The van der Waals surface area contributed by atoms with Gasteiger partial charge in [-0.15, -0.1) is 0 Å². The van der Waals surface area contributed by atoms with Gasteiger partial charge in [-0.25, -0.2) is 4.39 Å². The molecule has 0 unspecified atom stereocenters. The number of carbonyl (C=O) groups excluding carboxylic acids is 1. The third-order valence-corrected chi connectivity index (χ3v) is 3.20. The summed E-state index contributed by atoms with van der Waals surface area (Å²) in [5.74, 6) is -1.14. The number of carbonyl (C=O) groups is 1. The second kappa shape index (κ2) is 7.78. The van der Waals surface area contributed by atoms with Gasteiger partial charge in [0.25, 0.3) is 0 Å². The third kappa shape index (κ3) is 5.35. The summed E-state index contributed by atoms with van der Waals surface area (Å²) in [5, 5.41) is 8.28. The maximum Gasteiger partial charge on any atom is 0.419 e. The summed E-state index contributed by atoms with van der Waals surface area (Å²) < 4.78 is 48.6. The number of benzene rings is 1. The van der Waals surface area contributed by atoms with Crippen LogP contribution < -0.4 is 0 Å². The third-order valence-electron chi connectivity index (χ3n) is 3.20. The van der Waals surface area contributed by atoms with Crippen molar-refractivity contribution < 1.29 is 22.4 Å². The molecule has 0 atom stereocenters. The number of nitrogens with zero attached hydrogens (tertiary/aromatic N) is 2. The Hall–Kier alpha value is -2.10. The average molecular weight is 316 g/mol. The minimum absolute atomic E-state index is 0.214. The van der Waals surface area contributed by atoms with Crippen LogP contribution in [0.15, 0.2) is 18.2 Å². The van der Waals surface area contributed by atoms with Crippen LogP contribution in [0.25, 0.3) is 0 Å². The molecule has 1 heterocycles. The Bertz CT molecular complexity index is 558. The van der Waals surface area contributed by atoms with Gasteiger partial charge in [-0.2, -0.15) is 18.4 Å². The van der Waals surface area contributed by atoms with E-state index in [2.05, 4.69) is 0 Å². The number of alkyl halides is 3. The fraction of sp³-hybridized carbons (Fsp3) is 0.467. The smallest absolute Gasteiger partial charge is 0.343 e. The van der Waals surface area contributed by atoms with E-state index in [9.17, 15) is 22.4 Å². The molecule has 0 bridgehead atoms. The van der Waals surface area contributed by atoms with Crippen LogP contribution in [0.1, 0.15) is 37.3 Å². The van der Waals surface area contributed by atoms with Gasteiger partial charge >= 0.3 is 6.18 Å². The van der Waals surface area contributed by atoms with E-state index in [0.29, 0.717) is 12.1 Å². The number of halogens is 4. The van der Waals surface area contributed by atoms with Crippen molar-refractivity contribution in [3.8, 4) is 6.07 Å². The van der Waals surface area contributed by atoms with E-state index in [1.54, 1.807) is 6.92 Å². The van der Waals surface area contributed by atoms with E-state index in [-0.39, 0.29) is 11.5 Å². The molecule has 0 aliphatic carbocycles. The van der Waals surface area contributed by atoms with Crippen molar-refractivity contribution in [2.45, 2.75) is 32.4 Å². The van der Waals surface area contributed by atoms with Crippen LogP contribution in [0.5, 0.6) is 0 Å². The lowest BCUT2D eigenvalue weighted by atomic mass is 10.1. The highest BCUT2D eigenvalue weighted by Crippen LogP contribution is 2.31. The summed E-state index contributed by atoms with van der Waals surface area (Å²) in [6, 6.07) is 3.60. The first-order valence-corrected chi connectivity index (χ1v) is 6.78. The lowest BCUT2D eigenvalue weighted by Crippen LogP contribution is -2.33. The molecule has 1 aliphatic heterocycles. The number of nitriles is 1. The van der Waals surface area contributed by atoms with Gasteiger partial charge < -0.3 is 4.90 Å². The van der Waals surface area contributed by atoms with Crippen molar-refractivity contribution >= 4 is 5.91 Å². The van der Waals surface area contributed by atoms with Gasteiger partial charge in [0.05, 0.1) is 17.2 Å². The molecule has 3 nitrogen and oxygen atoms in total. The first-order chi connectivity index (χ1) is 10.3. The highest BCUT2D eigenvalue weighted by molar-refractivity contribution is 5.73. The van der Waals surface area contributed by atoms with Crippen molar-refractivity contribution in [2.75, 3.05) is 13.1 Å². The summed E-state index contributed by atoms with van der Waals surface area (Å²) in [5.41, 5.74) is -1.62. The molecule has 1 fully saturated rings. The number of piperidine rings is 1. The van der Waals surface area contributed by atoms with Crippen molar-refractivity contribution in [3.63, 3.8) is 0 Å². The zero-order valence-corrected chi connectivity index (χ0v) is 12.1. The van der Waals surface area contributed by atoms with E-state index in [1.807, 2.05) is 4.90 Å². The summed E-state index contributed by atoms with van der Waals surface area (Å²) in [7, 11) is 0. The SMILES string of the molecule is CC(=O)N1CCCCC1.N#Cc1ccc(F)c(C(F)(F)F)c1. The van der Waals surface area contributed by atoms with Crippen molar-refractivity contribution in [2.24, 2.45) is 0 Å². The number of amides is 1. The Morgan fingerprint density at radius 3 is 2.23 bits per heavy atom. The molecule has 1 amide bonds. The molecule has 0 spiro atoms. The van der Waals surface area contributed by atoms with E-state index in [4.69, 9.17) is 5.26 Å². The van der Waals surface area contributed by atoms with Crippen molar-refractivity contribution in [3.05, 3.63) is 35.1 Å². The van der Waals surface area contributed by atoms with E-state index >= 15 is 0 Å². The summed E-state index contributed by atoms with van der Waals surface area (Å²) in [4.78, 5) is 12.6. The van der Waals surface area contributed by atoms with E-state index in [0.717, 1.165) is 19.2 Å². The number of rotatable bonds is 0. The monoisotopic (exact) mass is 316 g/mol. The lowest BCUT2D eigenvalue weighted by Gasteiger charge is -2.24. The zero-order valence-electron chi connectivity index (χ0n) is 12.1. The fourth-order valence-electron chi connectivity index (χ4n) is 2.02. The molecule has 1 saturated heterocycles. The number of hydrogen-bond acceptors (Lipinski definition) is 2. The summed E-state index contributed by atoms with van der Waals surface area (Å²) >= 11 is 0.